The van der Waals surface area contributed by atoms with Crippen LogP contribution in [0.4, 0.5) is 0 Å². The van der Waals surface area contributed by atoms with Gasteiger partial charge in [-0.2, -0.15) is 0 Å². The van der Waals surface area contributed by atoms with Crippen molar-refractivity contribution in [2.45, 2.75) is 45.3 Å². The summed E-state index contributed by atoms with van der Waals surface area (Å²) >= 11 is 0. The van der Waals surface area contributed by atoms with E-state index in [1.54, 1.807) is 0 Å². The van der Waals surface area contributed by atoms with E-state index in [4.69, 9.17) is 0 Å². The van der Waals surface area contributed by atoms with Gasteiger partial charge in [0.25, 0.3) is 0 Å². The fourth-order valence-electron chi connectivity index (χ4n) is 1.09. The van der Waals surface area contributed by atoms with Gasteiger partial charge in [-0.15, -0.1) is 6.58 Å². The zero-order valence-electron chi connectivity index (χ0n) is 8.43. The van der Waals surface area contributed by atoms with Crippen molar-refractivity contribution in [3.05, 3.63) is 12.7 Å². The van der Waals surface area contributed by atoms with Crippen molar-refractivity contribution in [1.29, 1.82) is 0 Å². The molecule has 0 radical (unpaired) electrons. The van der Waals surface area contributed by atoms with Gasteiger partial charge in [-0.3, -0.25) is 0 Å². The van der Waals surface area contributed by atoms with E-state index >= 15 is 0 Å². The SMILES string of the molecule is C=CC(C)NCC(C)(O)CCC. The summed E-state index contributed by atoms with van der Waals surface area (Å²) < 4.78 is 0. The largest absolute Gasteiger partial charge is 0.389 e. The summed E-state index contributed by atoms with van der Waals surface area (Å²) in [6.45, 7) is 10.3. The second kappa shape index (κ2) is 5.33. The molecule has 0 heterocycles. The molecule has 0 aliphatic heterocycles. The molecule has 0 fully saturated rings. The molecular formula is C10H21NO. The van der Waals surface area contributed by atoms with E-state index in [-0.39, 0.29) is 6.04 Å². The lowest BCUT2D eigenvalue weighted by Crippen LogP contribution is -2.40. The summed E-state index contributed by atoms with van der Waals surface area (Å²) in [5.74, 6) is 0. The summed E-state index contributed by atoms with van der Waals surface area (Å²) in [5, 5.41) is 13.0. The normalized spacial score (nSPS) is 18.3. The van der Waals surface area contributed by atoms with E-state index in [1.165, 1.54) is 0 Å². The molecule has 0 saturated carbocycles. The van der Waals surface area contributed by atoms with Crippen molar-refractivity contribution in [2.24, 2.45) is 0 Å². The molecule has 0 aromatic rings. The first-order valence-corrected chi connectivity index (χ1v) is 4.60. The van der Waals surface area contributed by atoms with Gasteiger partial charge < -0.3 is 10.4 Å². The van der Waals surface area contributed by atoms with E-state index in [0.29, 0.717) is 6.54 Å². The maximum absolute atomic E-state index is 9.76. The van der Waals surface area contributed by atoms with Crippen molar-refractivity contribution >= 4 is 0 Å². The highest BCUT2D eigenvalue weighted by atomic mass is 16.3. The summed E-state index contributed by atoms with van der Waals surface area (Å²) in [6.07, 6.45) is 3.68. The Morgan fingerprint density at radius 2 is 2.25 bits per heavy atom. The first kappa shape index (κ1) is 11.7. The second-order valence-corrected chi connectivity index (χ2v) is 3.65. The molecule has 12 heavy (non-hydrogen) atoms. The molecule has 2 atom stereocenters. The maximum atomic E-state index is 9.76. The lowest BCUT2D eigenvalue weighted by Gasteiger charge is -2.24. The zero-order chi connectivity index (χ0) is 9.61. The highest BCUT2D eigenvalue weighted by Gasteiger charge is 2.18. The summed E-state index contributed by atoms with van der Waals surface area (Å²) in [5.41, 5.74) is -0.577. The number of aliphatic hydroxyl groups is 1. The average Bonchev–Trinajstić information content (AvgIpc) is 2.00. The van der Waals surface area contributed by atoms with Gasteiger partial charge in [-0.1, -0.05) is 19.4 Å². The van der Waals surface area contributed by atoms with Gasteiger partial charge >= 0.3 is 0 Å². The highest BCUT2D eigenvalue weighted by molar-refractivity contribution is 4.84. The molecular weight excluding hydrogens is 150 g/mol. The molecule has 0 saturated heterocycles. The Labute approximate surface area is 75.7 Å². The summed E-state index contributed by atoms with van der Waals surface area (Å²) in [6, 6.07) is 0.272. The van der Waals surface area contributed by atoms with Crippen LogP contribution in [-0.2, 0) is 0 Å². The zero-order valence-corrected chi connectivity index (χ0v) is 8.43. The molecule has 2 unspecified atom stereocenters. The minimum atomic E-state index is -0.577. The highest BCUT2D eigenvalue weighted by Crippen LogP contribution is 2.10. The fourth-order valence-corrected chi connectivity index (χ4v) is 1.09. The lowest BCUT2D eigenvalue weighted by atomic mass is 10.0. The van der Waals surface area contributed by atoms with E-state index in [2.05, 4.69) is 18.8 Å². The third-order valence-electron chi connectivity index (χ3n) is 1.95. The minimum absolute atomic E-state index is 0.272. The Bertz CT molecular complexity index is 132. The van der Waals surface area contributed by atoms with E-state index in [0.717, 1.165) is 12.8 Å². The number of rotatable bonds is 6. The molecule has 0 aliphatic rings. The Hall–Kier alpha value is -0.340. The van der Waals surface area contributed by atoms with Crippen molar-refractivity contribution < 1.29 is 5.11 Å². The number of hydrogen-bond acceptors (Lipinski definition) is 2. The van der Waals surface area contributed by atoms with Crippen LogP contribution < -0.4 is 5.32 Å². The van der Waals surface area contributed by atoms with Gasteiger partial charge in [0.2, 0.25) is 0 Å². The fraction of sp³-hybridized carbons (Fsp3) is 0.800. The van der Waals surface area contributed by atoms with E-state index < -0.39 is 5.60 Å². The predicted molar refractivity (Wildman–Crippen MR) is 53.2 cm³/mol. The third-order valence-corrected chi connectivity index (χ3v) is 1.95. The van der Waals surface area contributed by atoms with Crippen molar-refractivity contribution in [2.75, 3.05) is 6.54 Å². The van der Waals surface area contributed by atoms with Crippen LogP contribution >= 0.6 is 0 Å². The average molecular weight is 171 g/mol. The first-order chi connectivity index (χ1) is 5.52. The van der Waals surface area contributed by atoms with Gasteiger partial charge in [0.15, 0.2) is 0 Å². The molecule has 0 spiro atoms. The van der Waals surface area contributed by atoms with Crippen LogP contribution in [0, 0.1) is 0 Å². The number of hydrogen-bond donors (Lipinski definition) is 2. The monoisotopic (exact) mass is 171 g/mol. The Balaban J connectivity index is 3.66. The van der Waals surface area contributed by atoms with Crippen LogP contribution in [0.1, 0.15) is 33.6 Å². The smallest absolute Gasteiger partial charge is 0.0743 e. The summed E-state index contributed by atoms with van der Waals surface area (Å²) in [4.78, 5) is 0. The maximum Gasteiger partial charge on any atom is 0.0743 e. The molecule has 0 aromatic carbocycles. The summed E-state index contributed by atoms with van der Waals surface area (Å²) in [7, 11) is 0. The second-order valence-electron chi connectivity index (χ2n) is 3.65. The quantitative estimate of drug-likeness (QED) is 0.596. The molecule has 0 aliphatic carbocycles. The Morgan fingerprint density at radius 3 is 2.67 bits per heavy atom. The van der Waals surface area contributed by atoms with Gasteiger partial charge in [0.1, 0.15) is 0 Å². The Kier molecular flexibility index (Phi) is 5.18. The Morgan fingerprint density at radius 1 is 1.67 bits per heavy atom. The van der Waals surface area contributed by atoms with Crippen molar-refractivity contribution in [1.82, 2.24) is 5.32 Å². The van der Waals surface area contributed by atoms with Gasteiger partial charge in [-0.25, -0.2) is 0 Å². The molecule has 2 nitrogen and oxygen atoms in total. The molecule has 0 aromatic heterocycles. The molecule has 2 N–H and O–H groups in total. The van der Waals surface area contributed by atoms with Crippen molar-refractivity contribution in [3.8, 4) is 0 Å². The molecule has 2 heteroatoms. The van der Waals surface area contributed by atoms with Crippen LogP contribution in [0.2, 0.25) is 0 Å². The topological polar surface area (TPSA) is 32.3 Å². The number of nitrogens with one attached hydrogen (secondary N) is 1. The predicted octanol–water partition coefficient (Wildman–Crippen LogP) is 1.70. The van der Waals surface area contributed by atoms with Crippen LogP contribution in [-0.4, -0.2) is 23.3 Å². The van der Waals surface area contributed by atoms with E-state index in [1.807, 2.05) is 19.9 Å². The van der Waals surface area contributed by atoms with Crippen LogP contribution in [0.25, 0.3) is 0 Å². The van der Waals surface area contributed by atoms with Gasteiger partial charge in [-0.05, 0) is 20.3 Å². The van der Waals surface area contributed by atoms with Crippen LogP contribution in [0.15, 0.2) is 12.7 Å². The minimum Gasteiger partial charge on any atom is -0.389 e. The molecule has 0 bridgehead atoms. The lowest BCUT2D eigenvalue weighted by molar-refractivity contribution is 0.0489. The standard InChI is InChI=1S/C10H21NO/c1-5-7-10(4,12)8-11-9(3)6-2/h6,9,11-12H,2,5,7-8H2,1,3-4H3. The van der Waals surface area contributed by atoms with Crippen LogP contribution in [0.5, 0.6) is 0 Å². The molecule has 0 amide bonds. The molecule has 72 valence electrons. The van der Waals surface area contributed by atoms with Gasteiger partial charge in [0.05, 0.1) is 5.60 Å². The van der Waals surface area contributed by atoms with Crippen LogP contribution in [0.3, 0.4) is 0 Å². The molecule has 0 rings (SSSR count). The third kappa shape index (κ3) is 5.33. The van der Waals surface area contributed by atoms with Gasteiger partial charge in [0, 0.05) is 12.6 Å². The first-order valence-electron chi connectivity index (χ1n) is 4.60. The van der Waals surface area contributed by atoms with Crippen molar-refractivity contribution in [3.63, 3.8) is 0 Å². The van der Waals surface area contributed by atoms with E-state index in [9.17, 15) is 5.11 Å².